The zero-order valence-corrected chi connectivity index (χ0v) is 8.80. The molecule has 1 aliphatic heterocycles. The lowest BCUT2D eigenvalue weighted by atomic mass is 10.2. The number of anilines is 2. The second kappa shape index (κ2) is 3.53. The number of hydrogen-bond acceptors (Lipinski definition) is 3. The molecule has 3 nitrogen and oxygen atoms in total. The van der Waals surface area contributed by atoms with Crippen molar-refractivity contribution in [3.8, 4) is 0 Å². The number of carbonyl (C=O) groups is 1. The van der Waals surface area contributed by atoms with Crippen LogP contribution in [0.1, 0.15) is 6.92 Å². The van der Waals surface area contributed by atoms with Gasteiger partial charge in [0.2, 0.25) is 5.91 Å². The molecule has 0 aromatic heterocycles. The number of benzene rings is 1. The number of carbonyl (C=O) groups excluding carboxylic acids is 1. The van der Waals surface area contributed by atoms with Crippen molar-refractivity contribution >= 4 is 29.0 Å². The Balaban J connectivity index is 2.52. The molecule has 0 unspecified atom stereocenters. The fourth-order valence-electron chi connectivity index (χ4n) is 1.60. The van der Waals surface area contributed by atoms with Crippen LogP contribution in [0.25, 0.3) is 0 Å². The smallest absolute Gasteiger partial charge is 0.237 e. The van der Waals surface area contributed by atoms with Crippen molar-refractivity contribution in [2.24, 2.45) is 0 Å². The first-order chi connectivity index (χ1) is 6.74. The van der Waals surface area contributed by atoms with Gasteiger partial charge in [0, 0.05) is 12.2 Å². The van der Waals surface area contributed by atoms with Crippen LogP contribution in [-0.2, 0) is 4.79 Å². The number of thioether (sulfide) groups is 1. The molecule has 2 rings (SSSR count). The maximum atomic E-state index is 11.6. The Bertz CT molecular complexity index is 378. The van der Waals surface area contributed by atoms with E-state index < -0.39 is 0 Å². The van der Waals surface area contributed by atoms with E-state index in [9.17, 15) is 4.79 Å². The Morgan fingerprint density at radius 2 is 2.36 bits per heavy atom. The molecular weight excluding hydrogens is 196 g/mol. The normalized spacial score (nSPS) is 15.5. The van der Waals surface area contributed by atoms with Crippen molar-refractivity contribution in [2.75, 3.05) is 22.9 Å². The van der Waals surface area contributed by atoms with Crippen molar-refractivity contribution in [1.82, 2.24) is 0 Å². The molecule has 2 N–H and O–H groups in total. The van der Waals surface area contributed by atoms with Crippen LogP contribution in [0.15, 0.2) is 23.1 Å². The van der Waals surface area contributed by atoms with Crippen molar-refractivity contribution in [1.29, 1.82) is 0 Å². The summed E-state index contributed by atoms with van der Waals surface area (Å²) < 4.78 is 0. The second-order valence-corrected chi connectivity index (χ2v) is 4.11. The number of hydrogen-bond donors (Lipinski definition) is 1. The molecule has 1 aliphatic rings. The first kappa shape index (κ1) is 9.40. The van der Waals surface area contributed by atoms with Gasteiger partial charge in [-0.1, -0.05) is 6.07 Å². The molecular formula is C10H12N2OS. The molecule has 0 spiro atoms. The minimum Gasteiger partial charge on any atom is -0.398 e. The number of fused-ring (bicyclic) bond motifs is 1. The van der Waals surface area contributed by atoms with Crippen LogP contribution in [0.4, 0.5) is 11.4 Å². The highest BCUT2D eigenvalue weighted by molar-refractivity contribution is 8.00. The third-order valence-corrected chi connectivity index (χ3v) is 3.40. The molecule has 1 amide bonds. The van der Waals surface area contributed by atoms with Crippen molar-refractivity contribution in [3.63, 3.8) is 0 Å². The highest BCUT2D eigenvalue weighted by Crippen LogP contribution is 2.38. The van der Waals surface area contributed by atoms with Gasteiger partial charge in [0.25, 0.3) is 0 Å². The summed E-state index contributed by atoms with van der Waals surface area (Å²) in [5.41, 5.74) is 7.56. The predicted molar refractivity (Wildman–Crippen MR) is 59.6 cm³/mol. The number of nitrogen functional groups attached to an aromatic ring is 1. The monoisotopic (exact) mass is 208 g/mol. The second-order valence-electron chi connectivity index (χ2n) is 3.12. The van der Waals surface area contributed by atoms with Gasteiger partial charge < -0.3 is 10.6 Å². The average Bonchev–Trinajstić information content (AvgIpc) is 2.18. The molecule has 0 saturated heterocycles. The number of amides is 1. The summed E-state index contributed by atoms with van der Waals surface area (Å²) in [6.07, 6.45) is 0. The maximum Gasteiger partial charge on any atom is 0.237 e. The van der Waals surface area contributed by atoms with Crippen LogP contribution in [-0.4, -0.2) is 18.2 Å². The van der Waals surface area contributed by atoms with Crippen LogP contribution >= 0.6 is 11.8 Å². The van der Waals surface area contributed by atoms with E-state index >= 15 is 0 Å². The number of nitrogens with zero attached hydrogens (tertiary/aromatic N) is 1. The molecule has 0 fully saturated rings. The Morgan fingerprint density at radius 1 is 1.57 bits per heavy atom. The minimum absolute atomic E-state index is 0.163. The molecule has 0 aliphatic carbocycles. The van der Waals surface area contributed by atoms with E-state index in [1.54, 1.807) is 4.90 Å². The summed E-state index contributed by atoms with van der Waals surface area (Å²) in [7, 11) is 0. The molecule has 0 bridgehead atoms. The van der Waals surface area contributed by atoms with Gasteiger partial charge in [-0.2, -0.15) is 0 Å². The lowest BCUT2D eigenvalue weighted by Gasteiger charge is -2.28. The van der Waals surface area contributed by atoms with E-state index in [-0.39, 0.29) is 5.91 Å². The van der Waals surface area contributed by atoms with Gasteiger partial charge in [-0.15, -0.1) is 11.8 Å². The maximum absolute atomic E-state index is 11.6. The largest absolute Gasteiger partial charge is 0.398 e. The Hall–Kier alpha value is -1.16. The van der Waals surface area contributed by atoms with Gasteiger partial charge in [0.1, 0.15) is 0 Å². The van der Waals surface area contributed by atoms with Crippen LogP contribution < -0.4 is 10.6 Å². The number of nitrogens with two attached hydrogens (primary N) is 1. The highest BCUT2D eigenvalue weighted by atomic mass is 32.2. The molecule has 74 valence electrons. The lowest BCUT2D eigenvalue weighted by molar-refractivity contribution is -0.116. The van der Waals surface area contributed by atoms with Gasteiger partial charge in [-0.05, 0) is 19.1 Å². The van der Waals surface area contributed by atoms with E-state index in [0.717, 1.165) is 16.3 Å². The highest BCUT2D eigenvalue weighted by Gasteiger charge is 2.24. The van der Waals surface area contributed by atoms with Gasteiger partial charge >= 0.3 is 0 Å². The van der Waals surface area contributed by atoms with Gasteiger partial charge in [-0.3, -0.25) is 4.79 Å². The molecule has 0 radical (unpaired) electrons. The minimum atomic E-state index is 0.163. The summed E-state index contributed by atoms with van der Waals surface area (Å²) in [4.78, 5) is 14.4. The van der Waals surface area contributed by atoms with Crippen LogP contribution in [0.2, 0.25) is 0 Å². The fourth-order valence-corrected chi connectivity index (χ4v) is 2.59. The van der Waals surface area contributed by atoms with Gasteiger partial charge in [0.15, 0.2) is 0 Å². The van der Waals surface area contributed by atoms with Crippen molar-refractivity contribution in [2.45, 2.75) is 11.8 Å². The van der Waals surface area contributed by atoms with E-state index in [1.807, 2.05) is 25.1 Å². The summed E-state index contributed by atoms with van der Waals surface area (Å²) >= 11 is 1.53. The molecule has 14 heavy (non-hydrogen) atoms. The third kappa shape index (κ3) is 1.35. The summed E-state index contributed by atoms with van der Waals surface area (Å²) in [5, 5.41) is 0. The fraction of sp³-hybridized carbons (Fsp3) is 0.300. The average molecular weight is 208 g/mol. The summed E-state index contributed by atoms with van der Waals surface area (Å²) in [6, 6.07) is 5.70. The van der Waals surface area contributed by atoms with Crippen molar-refractivity contribution in [3.05, 3.63) is 18.2 Å². The van der Waals surface area contributed by atoms with Crippen molar-refractivity contribution < 1.29 is 4.79 Å². The van der Waals surface area contributed by atoms with Gasteiger partial charge in [-0.25, -0.2) is 0 Å². The van der Waals surface area contributed by atoms with E-state index in [2.05, 4.69) is 0 Å². The quantitative estimate of drug-likeness (QED) is 0.715. The standard InChI is InChI=1S/C10H12N2OS/c1-2-12-8-5-3-4-7(11)10(8)14-6-9(12)13/h3-5H,2,6,11H2,1H3. The molecule has 1 aromatic carbocycles. The van der Waals surface area contributed by atoms with Crippen LogP contribution in [0, 0.1) is 0 Å². The summed E-state index contributed by atoms with van der Waals surface area (Å²) in [5.74, 6) is 0.658. The first-order valence-electron chi connectivity index (χ1n) is 4.55. The predicted octanol–water partition coefficient (Wildman–Crippen LogP) is 1.73. The SMILES string of the molecule is CCN1C(=O)CSc2c(N)cccc21. The lowest BCUT2D eigenvalue weighted by Crippen LogP contribution is -2.35. The topological polar surface area (TPSA) is 46.3 Å². The molecule has 0 saturated carbocycles. The zero-order valence-electron chi connectivity index (χ0n) is 7.99. The van der Waals surface area contributed by atoms with E-state index in [1.165, 1.54) is 11.8 Å². The van der Waals surface area contributed by atoms with E-state index in [4.69, 9.17) is 5.73 Å². The Morgan fingerprint density at radius 3 is 3.07 bits per heavy atom. The summed E-state index contributed by atoms with van der Waals surface area (Å²) in [6.45, 7) is 2.68. The van der Waals surface area contributed by atoms with Crippen LogP contribution in [0.3, 0.4) is 0 Å². The molecule has 4 heteroatoms. The van der Waals surface area contributed by atoms with Gasteiger partial charge in [0.05, 0.1) is 16.3 Å². The third-order valence-electron chi connectivity index (χ3n) is 2.27. The van der Waals surface area contributed by atoms with E-state index in [0.29, 0.717) is 12.3 Å². The van der Waals surface area contributed by atoms with Crippen LogP contribution in [0.5, 0.6) is 0 Å². The Labute approximate surface area is 87.3 Å². The molecule has 1 aromatic rings. The Kier molecular flexibility index (Phi) is 2.37. The number of rotatable bonds is 1. The molecule has 1 heterocycles. The molecule has 0 atom stereocenters. The first-order valence-corrected chi connectivity index (χ1v) is 5.54. The zero-order chi connectivity index (χ0) is 10.1.